The van der Waals surface area contributed by atoms with Crippen molar-refractivity contribution in [1.82, 2.24) is 25.2 Å². The lowest BCUT2D eigenvalue weighted by atomic mass is 9.91. The van der Waals surface area contributed by atoms with E-state index >= 15 is 0 Å². The van der Waals surface area contributed by atoms with Gasteiger partial charge in [-0.2, -0.15) is 0 Å². The number of imidazole rings is 1. The first-order valence-corrected chi connectivity index (χ1v) is 10.1. The van der Waals surface area contributed by atoms with Crippen molar-refractivity contribution in [3.8, 4) is 0 Å². The number of nitrogens with one attached hydrogen (secondary N) is 2. The second-order valence-corrected chi connectivity index (χ2v) is 7.91. The number of hydrogen-bond donors (Lipinski definition) is 2. The van der Waals surface area contributed by atoms with E-state index in [2.05, 4.69) is 51.6 Å². The highest BCUT2D eigenvalue weighted by Crippen LogP contribution is 2.29. The van der Waals surface area contributed by atoms with Crippen LogP contribution in [0.4, 0.5) is 0 Å². The SMILES string of the molecule is CNC1CCCc2ccc(Cc3nc4ccccc4n3CC3CNC3)nc21. The van der Waals surface area contributed by atoms with E-state index in [0.29, 0.717) is 12.0 Å². The summed E-state index contributed by atoms with van der Waals surface area (Å²) < 4.78 is 2.41. The Kier molecular flexibility index (Phi) is 4.42. The molecule has 27 heavy (non-hydrogen) atoms. The number of para-hydroxylation sites is 2. The molecule has 5 rings (SSSR count). The van der Waals surface area contributed by atoms with Gasteiger partial charge >= 0.3 is 0 Å². The third kappa shape index (κ3) is 3.15. The molecule has 0 bridgehead atoms. The molecule has 2 N–H and O–H groups in total. The fourth-order valence-corrected chi connectivity index (χ4v) is 4.43. The summed E-state index contributed by atoms with van der Waals surface area (Å²) >= 11 is 0. The minimum Gasteiger partial charge on any atom is -0.327 e. The monoisotopic (exact) mass is 361 g/mol. The molecule has 0 saturated carbocycles. The van der Waals surface area contributed by atoms with E-state index in [0.717, 1.165) is 49.5 Å². The van der Waals surface area contributed by atoms with Crippen molar-refractivity contribution in [2.24, 2.45) is 5.92 Å². The quantitative estimate of drug-likeness (QED) is 0.734. The summed E-state index contributed by atoms with van der Waals surface area (Å²) in [6.45, 7) is 3.24. The Morgan fingerprint density at radius 1 is 1.15 bits per heavy atom. The number of pyridine rings is 1. The second kappa shape index (κ2) is 7.06. The Balaban J connectivity index is 1.50. The molecule has 5 nitrogen and oxygen atoms in total. The van der Waals surface area contributed by atoms with E-state index in [1.165, 1.54) is 29.6 Å². The van der Waals surface area contributed by atoms with Crippen LogP contribution in [0.15, 0.2) is 36.4 Å². The summed E-state index contributed by atoms with van der Waals surface area (Å²) in [5, 5.41) is 6.82. The van der Waals surface area contributed by atoms with Crippen LogP contribution in [0.3, 0.4) is 0 Å². The van der Waals surface area contributed by atoms with Crippen molar-refractivity contribution in [2.45, 2.75) is 38.3 Å². The van der Waals surface area contributed by atoms with Crippen LogP contribution in [0.5, 0.6) is 0 Å². The summed E-state index contributed by atoms with van der Waals surface area (Å²) in [7, 11) is 2.04. The van der Waals surface area contributed by atoms with Gasteiger partial charge in [-0.25, -0.2) is 4.98 Å². The van der Waals surface area contributed by atoms with E-state index in [-0.39, 0.29) is 0 Å². The lowest BCUT2D eigenvalue weighted by Gasteiger charge is -2.28. The molecular weight excluding hydrogens is 334 g/mol. The maximum atomic E-state index is 5.06. The van der Waals surface area contributed by atoms with E-state index in [1.54, 1.807) is 0 Å². The normalized spacial score (nSPS) is 19.8. The molecule has 2 aliphatic rings. The predicted octanol–water partition coefficient (Wildman–Crippen LogP) is 2.84. The van der Waals surface area contributed by atoms with Crippen molar-refractivity contribution in [3.63, 3.8) is 0 Å². The largest absolute Gasteiger partial charge is 0.327 e. The van der Waals surface area contributed by atoms with Crippen LogP contribution < -0.4 is 10.6 Å². The number of aryl methyl sites for hydroxylation is 1. The lowest BCUT2D eigenvalue weighted by molar-refractivity contribution is 0.307. The zero-order chi connectivity index (χ0) is 18.2. The van der Waals surface area contributed by atoms with Gasteiger partial charge in [0.2, 0.25) is 0 Å². The third-order valence-electron chi connectivity index (χ3n) is 6.07. The zero-order valence-electron chi connectivity index (χ0n) is 15.9. The van der Waals surface area contributed by atoms with Gasteiger partial charge in [0.05, 0.1) is 16.7 Å². The Bertz CT molecular complexity index is 956. The molecule has 0 radical (unpaired) electrons. The smallest absolute Gasteiger partial charge is 0.115 e. The van der Waals surface area contributed by atoms with Gasteiger partial charge < -0.3 is 15.2 Å². The van der Waals surface area contributed by atoms with Gasteiger partial charge in [0.25, 0.3) is 0 Å². The van der Waals surface area contributed by atoms with Crippen molar-refractivity contribution in [2.75, 3.05) is 20.1 Å². The Morgan fingerprint density at radius 3 is 2.85 bits per heavy atom. The molecule has 1 aromatic carbocycles. The van der Waals surface area contributed by atoms with Crippen molar-refractivity contribution >= 4 is 11.0 Å². The summed E-state index contributed by atoms with van der Waals surface area (Å²) in [6.07, 6.45) is 4.35. The minimum atomic E-state index is 0.383. The third-order valence-corrected chi connectivity index (χ3v) is 6.07. The first-order chi connectivity index (χ1) is 13.3. The number of nitrogens with zero attached hydrogens (tertiary/aromatic N) is 3. The number of benzene rings is 1. The van der Waals surface area contributed by atoms with Crippen LogP contribution in [0.1, 0.15) is 41.7 Å². The summed E-state index contributed by atoms with van der Waals surface area (Å²) in [6, 6.07) is 13.4. The van der Waals surface area contributed by atoms with Crippen LogP contribution in [0, 0.1) is 5.92 Å². The fourth-order valence-electron chi connectivity index (χ4n) is 4.43. The molecule has 3 heterocycles. The average molecular weight is 361 g/mol. The molecule has 5 heteroatoms. The highest BCUT2D eigenvalue weighted by Gasteiger charge is 2.23. The molecule has 0 amide bonds. The second-order valence-electron chi connectivity index (χ2n) is 7.91. The zero-order valence-corrected chi connectivity index (χ0v) is 15.9. The molecule has 1 aliphatic carbocycles. The molecule has 0 spiro atoms. The van der Waals surface area contributed by atoms with Gasteiger partial charge in [-0.1, -0.05) is 18.2 Å². The highest BCUT2D eigenvalue weighted by atomic mass is 15.1. The van der Waals surface area contributed by atoms with Gasteiger partial charge in [-0.3, -0.25) is 4.98 Å². The molecule has 3 aromatic rings. The minimum absolute atomic E-state index is 0.383. The molecule has 1 atom stereocenters. The Morgan fingerprint density at radius 2 is 2.04 bits per heavy atom. The van der Waals surface area contributed by atoms with Crippen LogP contribution in [0.25, 0.3) is 11.0 Å². The Hall–Kier alpha value is -2.24. The number of hydrogen-bond acceptors (Lipinski definition) is 4. The maximum Gasteiger partial charge on any atom is 0.115 e. The molecule has 1 unspecified atom stereocenters. The molecule has 2 aromatic heterocycles. The van der Waals surface area contributed by atoms with E-state index in [1.807, 2.05) is 7.05 Å². The van der Waals surface area contributed by atoms with Gasteiger partial charge in [0.15, 0.2) is 0 Å². The van der Waals surface area contributed by atoms with Crippen molar-refractivity contribution in [3.05, 3.63) is 59.2 Å². The van der Waals surface area contributed by atoms with Gasteiger partial charge in [0, 0.05) is 43.7 Å². The van der Waals surface area contributed by atoms with Gasteiger partial charge in [0.1, 0.15) is 5.82 Å². The molecule has 1 saturated heterocycles. The topological polar surface area (TPSA) is 54.8 Å². The summed E-state index contributed by atoms with van der Waals surface area (Å²) in [5.74, 6) is 1.83. The molecular formula is C22H27N5. The van der Waals surface area contributed by atoms with Crippen LogP contribution >= 0.6 is 0 Å². The summed E-state index contributed by atoms with van der Waals surface area (Å²) in [5.41, 5.74) is 6.10. The van der Waals surface area contributed by atoms with E-state index < -0.39 is 0 Å². The molecule has 1 fully saturated rings. The Labute approximate surface area is 160 Å². The van der Waals surface area contributed by atoms with Crippen LogP contribution in [-0.2, 0) is 19.4 Å². The van der Waals surface area contributed by atoms with Crippen LogP contribution in [0.2, 0.25) is 0 Å². The molecule has 1 aliphatic heterocycles. The standard InChI is InChI=1S/C22H27N5/c1-23-19-7-4-5-16-9-10-17(25-22(16)19)11-21-26-18-6-2-3-8-20(18)27(21)14-15-12-24-13-15/h2-3,6,8-10,15,19,23-24H,4-5,7,11-14H2,1H3. The van der Waals surface area contributed by atoms with Crippen molar-refractivity contribution < 1.29 is 0 Å². The highest BCUT2D eigenvalue weighted by molar-refractivity contribution is 5.76. The van der Waals surface area contributed by atoms with E-state index in [9.17, 15) is 0 Å². The average Bonchev–Trinajstić information content (AvgIpc) is 3.01. The first-order valence-electron chi connectivity index (χ1n) is 10.1. The fraction of sp³-hybridized carbons (Fsp3) is 0.455. The number of aromatic nitrogens is 3. The number of rotatable bonds is 5. The van der Waals surface area contributed by atoms with Gasteiger partial charge in [-0.15, -0.1) is 0 Å². The van der Waals surface area contributed by atoms with Gasteiger partial charge in [-0.05, 0) is 50.1 Å². The first kappa shape index (κ1) is 16.9. The van der Waals surface area contributed by atoms with Crippen molar-refractivity contribution in [1.29, 1.82) is 0 Å². The predicted molar refractivity (Wildman–Crippen MR) is 108 cm³/mol. The lowest BCUT2D eigenvalue weighted by Crippen LogP contribution is -2.44. The van der Waals surface area contributed by atoms with Crippen LogP contribution in [-0.4, -0.2) is 34.7 Å². The summed E-state index contributed by atoms with van der Waals surface area (Å²) in [4.78, 5) is 10.0. The van der Waals surface area contributed by atoms with E-state index in [4.69, 9.17) is 9.97 Å². The molecule has 140 valence electrons. The maximum absolute atomic E-state index is 5.06. The number of fused-ring (bicyclic) bond motifs is 2.